The van der Waals surface area contributed by atoms with E-state index in [1.54, 1.807) is 6.07 Å². The molecule has 0 aliphatic carbocycles. The third kappa shape index (κ3) is 2.77. The zero-order chi connectivity index (χ0) is 10.7. The highest BCUT2D eigenvalue weighted by Crippen LogP contribution is 2.22. The van der Waals surface area contributed by atoms with Crippen molar-refractivity contribution in [3.8, 4) is 0 Å². The normalized spacial score (nSPS) is 10.2. The lowest BCUT2D eigenvalue weighted by Crippen LogP contribution is -2.05. The van der Waals surface area contributed by atoms with Crippen molar-refractivity contribution in [2.24, 2.45) is 0 Å². The predicted molar refractivity (Wildman–Crippen MR) is 56.0 cm³/mol. The molecule has 0 unspecified atom stereocenters. The van der Waals surface area contributed by atoms with E-state index in [2.05, 4.69) is 19.9 Å². The number of hydrogen-bond donors (Lipinski definition) is 1. The van der Waals surface area contributed by atoms with E-state index in [1.807, 2.05) is 0 Å². The van der Waals surface area contributed by atoms with Crippen LogP contribution < -0.4 is 5.56 Å². The third-order valence-corrected chi connectivity index (χ3v) is 2.50. The van der Waals surface area contributed by atoms with E-state index in [9.17, 15) is 4.79 Å². The number of aromatic nitrogens is 4. The largest absolute Gasteiger partial charge is 0.301 e. The van der Waals surface area contributed by atoms with E-state index >= 15 is 0 Å². The molecule has 0 saturated carbocycles. The van der Waals surface area contributed by atoms with Crippen molar-refractivity contribution >= 4 is 23.4 Å². The summed E-state index contributed by atoms with van der Waals surface area (Å²) in [4.78, 5) is 25.2. The maximum Gasteiger partial charge on any atom is 0.251 e. The molecular formula is C8H5ClN4OS. The van der Waals surface area contributed by atoms with Gasteiger partial charge in [0.25, 0.3) is 5.56 Å². The standard InChI is InChI=1S/C8H5ClN4OS/c9-5-3-7(12-4-11-5)15-8-10-2-1-6(14)13-8/h1-4H,(H,10,13,14). The molecule has 0 radical (unpaired) electrons. The molecule has 0 saturated heterocycles. The van der Waals surface area contributed by atoms with Crippen LogP contribution in [0, 0.1) is 0 Å². The highest BCUT2D eigenvalue weighted by molar-refractivity contribution is 7.99. The number of rotatable bonds is 2. The molecule has 0 bridgehead atoms. The van der Waals surface area contributed by atoms with Crippen LogP contribution in [0.4, 0.5) is 0 Å². The van der Waals surface area contributed by atoms with Crippen molar-refractivity contribution < 1.29 is 0 Å². The Morgan fingerprint density at radius 3 is 2.93 bits per heavy atom. The van der Waals surface area contributed by atoms with Gasteiger partial charge in [-0.1, -0.05) is 11.6 Å². The molecule has 2 heterocycles. The molecular weight excluding hydrogens is 236 g/mol. The number of H-pyrrole nitrogens is 1. The topological polar surface area (TPSA) is 71.5 Å². The lowest BCUT2D eigenvalue weighted by Gasteiger charge is -1.98. The molecule has 0 spiro atoms. The van der Waals surface area contributed by atoms with Crippen molar-refractivity contribution in [2.75, 3.05) is 0 Å². The Kier molecular flexibility index (Phi) is 2.98. The van der Waals surface area contributed by atoms with Gasteiger partial charge in [-0.3, -0.25) is 4.79 Å². The van der Waals surface area contributed by atoms with Gasteiger partial charge in [0, 0.05) is 18.3 Å². The molecule has 1 N–H and O–H groups in total. The molecule has 2 aromatic heterocycles. The Morgan fingerprint density at radius 2 is 2.20 bits per heavy atom. The molecule has 15 heavy (non-hydrogen) atoms. The zero-order valence-corrected chi connectivity index (χ0v) is 8.92. The number of hydrogen-bond acceptors (Lipinski definition) is 5. The van der Waals surface area contributed by atoms with Gasteiger partial charge in [0.15, 0.2) is 5.16 Å². The van der Waals surface area contributed by atoms with Crippen LogP contribution in [0.2, 0.25) is 5.15 Å². The van der Waals surface area contributed by atoms with Gasteiger partial charge in [0.1, 0.15) is 16.5 Å². The third-order valence-electron chi connectivity index (χ3n) is 1.46. The Bertz CT molecular complexity index is 530. The second kappa shape index (κ2) is 4.41. The minimum Gasteiger partial charge on any atom is -0.301 e. The van der Waals surface area contributed by atoms with Gasteiger partial charge in [-0.15, -0.1) is 0 Å². The zero-order valence-electron chi connectivity index (χ0n) is 7.35. The molecule has 2 aromatic rings. The fourth-order valence-electron chi connectivity index (χ4n) is 0.876. The predicted octanol–water partition coefficient (Wildman–Crippen LogP) is 1.36. The van der Waals surface area contributed by atoms with Crippen molar-refractivity contribution in [1.29, 1.82) is 0 Å². The highest BCUT2D eigenvalue weighted by atomic mass is 35.5. The fraction of sp³-hybridized carbons (Fsp3) is 0. The Balaban J connectivity index is 2.26. The summed E-state index contributed by atoms with van der Waals surface area (Å²) >= 11 is 6.90. The van der Waals surface area contributed by atoms with Gasteiger partial charge in [-0.2, -0.15) is 0 Å². The van der Waals surface area contributed by atoms with Crippen LogP contribution in [0.5, 0.6) is 0 Å². The van der Waals surface area contributed by atoms with Crippen molar-refractivity contribution in [1.82, 2.24) is 19.9 Å². The summed E-state index contributed by atoms with van der Waals surface area (Å²) in [6, 6.07) is 2.94. The first kappa shape index (κ1) is 10.1. The number of nitrogens with zero attached hydrogens (tertiary/aromatic N) is 3. The SMILES string of the molecule is O=c1ccnc(Sc2cc(Cl)ncn2)[nH]1. The van der Waals surface area contributed by atoms with Gasteiger partial charge in [-0.25, -0.2) is 15.0 Å². The maximum absolute atomic E-state index is 11.0. The van der Waals surface area contributed by atoms with E-state index in [-0.39, 0.29) is 5.56 Å². The highest BCUT2D eigenvalue weighted by Gasteiger charge is 2.01. The van der Waals surface area contributed by atoms with E-state index < -0.39 is 0 Å². The van der Waals surface area contributed by atoms with E-state index in [4.69, 9.17) is 11.6 Å². The molecule has 0 amide bonds. The van der Waals surface area contributed by atoms with Crippen molar-refractivity contribution in [3.05, 3.63) is 40.2 Å². The van der Waals surface area contributed by atoms with Crippen LogP contribution in [-0.2, 0) is 0 Å². The number of nitrogens with one attached hydrogen (secondary N) is 1. The van der Waals surface area contributed by atoms with Gasteiger partial charge in [0.05, 0.1) is 0 Å². The van der Waals surface area contributed by atoms with E-state index in [0.717, 1.165) is 0 Å². The summed E-state index contributed by atoms with van der Waals surface area (Å²) in [5, 5.41) is 1.45. The van der Waals surface area contributed by atoms with Gasteiger partial charge >= 0.3 is 0 Å². The van der Waals surface area contributed by atoms with Crippen LogP contribution in [0.1, 0.15) is 0 Å². The van der Waals surface area contributed by atoms with E-state index in [1.165, 1.54) is 30.4 Å². The first-order chi connectivity index (χ1) is 7.24. The van der Waals surface area contributed by atoms with Gasteiger partial charge in [0.2, 0.25) is 0 Å². The molecule has 0 aliphatic rings. The quantitative estimate of drug-likeness (QED) is 0.634. The van der Waals surface area contributed by atoms with Crippen LogP contribution in [0.25, 0.3) is 0 Å². The fourth-order valence-corrected chi connectivity index (χ4v) is 1.82. The van der Waals surface area contributed by atoms with Gasteiger partial charge < -0.3 is 4.98 Å². The van der Waals surface area contributed by atoms with Crippen molar-refractivity contribution in [2.45, 2.75) is 10.2 Å². The Morgan fingerprint density at radius 1 is 1.33 bits per heavy atom. The van der Waals surface area contributed by atoms with Crippen LogP contribution in [-0.4, -0.2) is 19.9 Å². The van der Waals surface area contributed by atoms with Crippen LogP contribution in [0.15, 0.2) is 39.6 Å². The summed E-state index contributed by atoms with van der Waals surface area (Å²) in [5.41, 5.74) is -0.201. The smallest absolute Gasteiger partial charge is 0.251 e. The molecule has 0 atom stereocenters. The summed E-state index contributed by atoms with van der Waals surface area (Å²) in [7, 11) is 0. The van der Waals surface area contributed by atoms with Crippen LogP contribution in [0.3, 0.4) is 0 Å². The molecule has 0 aliphatic heterocycles. The minimum atomic E-state index is -0.201. The minimum absolute atomic E-state index is 0.201. The molecule has 5 nitrogen and oxygen atoms in total. The molecule has 0 fully saturated rings. The average Bonchev–Trinajstić information content (AvgIpc) is 2.17. The monoisotopic (exact) mass is 240 g/mol. The number of aromatic amines is 1. The maximum atomic E-state index is 11.0. The Labute approximate surface area is 94.0 Å². The van der Waals surface area contributed by atoms with Gasteiger partial charge in [-0.05, 0) is 11.8 Å². The summed E-state index contributed by atoms with van der Waals surface area (Å²) in [5.74, 6) is 0. The first-order valence-electron chi connectivity index (χ1n) is 3.95. The molecule has 7 heteroatoms. The Hall–Kier alpha value is -1.40. The number of halogens is 1. The van der Waals surface area contributed by atoms with Crippen molar-refractivity contribution in [3.63, 3.8) is 0 Å². The van der Waals surface area contributed by atoms with Crippen LogP contribution >= 0.6 is 23.4 Å². The average molecular weight is 241 g/mol. The lowest BCUT2D eigenvalue weighted by atomic mass is 10.7. The first-order valence-corrected chi connectivity index (χ1v) is 5.14. The molecule has 76 valence electrons. The lowest BCUT2D eigenvalue weighted by molar-refractivity contribution is 0.929. The van der Waals surface area contributed by atoms with E-state index in [0.29, 0.717) is 15.3 Å². The summed E-state index contributed by atoms with van der Waals surface area (Å²) in [6.07, 6.45) is 2.79. The summed E-state index contributed by atoms with van der Waals surface area (Å²) in [6.45, 7) is 0. The second-order valence-electron chi connectivity index (χ2n) is 2.52. The summed E-state index contributed by atoms with van der Waals surface area (Å²) < 4.78 is 0. The molecule has 0 aromatic carbocycles. The molecule has 2 rings (SSSR count). The second-order valence-corrected chi connectivity index (χ2v) is 3.92.